The van der Waals surface area contributed by atoms with Gasteiger partial charge in [-0.2, -0.15) is 0 Å². The summed E-state index contributed by atoms with van der Waals surface area (Å²) in [6.07, 6.45) is 2.22. The Kier molecular flexibility index (Phi) is 5.26. The number of phosphoric ester groups is 1. The van der Waals surface area contributed by atoms with Gasteiger partial charge in [0.25, 0.3) is 0 Å². The second-order valence-electron chi connectivity index (χ2n) is 8.07. The molecule has 0 radical (unpaired) electrons. The van der Waals surface area contributed by atoms with E-state index in [1.165, 1.54) is 10.9 Å². The van der Waals surface area contributed by atoms with E-state index < -0.39 is 38.5 Å². The van der Waals surface area contributed by atoms with Crippen LogP contribution in [-0.2, 0) is 13.8 Å². The lowest BCUT2D eigenvalue weighted by Gasteiger charge is -2.23. The summed E-state index contributed by atoms with van der Waals surface area (Å²) in [7, 11) is -0.456. The quantitative estimate of drug-likeness (QED) is 0.422. The Hall–Kier alpha value is -3.23. The number of aliphatic hydroxyl groups is 1. The van der Waals surface area contributed by atoms with Crippen molar-refractivity contribution in [2.24, 2.45) is 0 Å². The highest BCUT2D eigenvalue weighted by atomic mass is 31.2. The normalized spacial score (nSPS) is 27.1. The molecular weight excluding hydrogens is 468 g/mol. The zero-order valence-electron chi connectivity index (χ0n) is 18.5. The third-order valence-corrected chi connectivity index (χ3v) is 6.83. The van der Waals surface area contributed by atoms with Crippen LogP contribution in [-0.4, -0.2) is 63.2 Å². The maximum absolute atomic E-state index is 15.9. The van der Waals surface area contributed by atoms with Crippen LogP contribution in [0.5, 0.6) is 11.5 Å². The van der Waals surface area contributed by atoms with Crippen molar-refractivity contribution < 1.29 is 32.4 Å². The average Bonchev–Trinajstić information content (AvgIpc) is 3.44. The second kappa shape index (κ2) is 7.92. The van der Waals surface area contributed by atoms with E-state index in [0.29, 0.717) is 17.2 Å². The second-order valence-corrected chi connectivity index (χ2v) is 9.59. The fourth-order valence-electron chi connectivity index (χ4n) is 3.88. The number of benzene rings is 1. The van der Waals surface area contributed by atoms with Gasteiger partial charge in [-0.3, -0.25) is 9.09 Å². The highest BCUT2D eigenvalue weighted by Crippen LogP contribution is 2.59. The Morgan fingerprint density at radius 1 is 1.32 bits per heavy atom. The van der Waals surface area contributed by atoms with E-state index in [1.807, 2.05) is 5.92 Å². The predicted octanol–water partition coefficient (Wildman–Crippen LogP) is 2.40. The number of nitrogens with zero attached hydrogens (tertiary/aromatic N) is 5. The zero-order chi connectivity index (χ0) is 24.3. The Bertz CT molecular complexity index is 1330. The number of terminal acetylenes is 1. The molecule has 5 rings (SSSR count). The maximum Gasteiger partial charge on any atom is 0.587 e. The van der Waals surface area contributed by atoms with Crippen LogP contribution >= 0.6 is 7.82 Å². The summed E-state index contributed by atoms with van der Waals surface area (Å²) in [5, 5.41) is 10.7. The van der Waals surface area contributed by atoms with Gasteiger partial charge >= 0.3 is 7.82 Å². The van der Waals surface area contributed by atoms with Crippen LogP contribution in [0.1, 0.15) is 12.1 Å². The van der Waals surface area contributed by atoms with Gasteiger partial charge in [-0.15, -0.1) is 6.42 Å². The molecule has 2 aliphatic rings. The first-order chi connectivity index (χ1) is 16.1. The predicted molar refractivity (Wildman–Crippen MR) is 118 cm³/mol. The van der Waals surface area contributed by atoms with Crippen molar-refractivity contribution in [1.29, 1.82) is 0 Å². The van der Waals surface area contributed by atoms with Crippen molar-refractivity contribution in [3.05, 3.63) is 36.4 Å². The first-order valence-corrected chi connectivity index (χ1v) is 11.7. The first-order valence-electron chi connectivity index (χ1n) is 10.3. The van der Waals surface area contributed by atoms with Crippen molar-refractivity contribution in [2.75, 3.05) is 25.6 Å². The van der Waals surface area contributed by atoms with Crippen molar-refractivity contribution in [3.63, 3.8) is 0 Å². The molecule has 0 saturated carbocycles. The molecule has 1 N–H and O–H groups in total. The highest BCUT2D eigenvalue weighted by Gasteiger charge is 2.58. The monoisotopic (exact) mass is 489 g/mol. The van der Waals surface area contributed by atoms with Crippen LogP contribution in [0, 0.1) is 19.3 Å². The number of hydrogen-bond donors (Lipinski definition) is 1. The fourth-order valence-corrected chi connectivity index (χ4v) is 5.14. The van der Waals surface area contributed by atoms with Crippen molar-refractivity contribution >= 4 is 24.8 Å². The summed E-state index contributed by atoms with van der Waals surface area (Å²) in [5.41, 5.74) is -1.98. The molecule has 3 aromatic rings. The van der Waals surface area contributed by atoms with Crippen molar-refractivity contribution in [2.45, 2.75) is 31.0 Å². The maximum atomic E-state index is 15.9. The fraction of sp³-hybridized carbons (Fsp3) is 0.381. The lowest BCUT2D eigenvalue weighted by molar-refractivity contribution is -0.0486. The molecule has 0 spiro atoms. The van der Waals surface area contributed by atoms with Gasteiger partial charge in [0.1, 0.15) is 18.0 Å². The van der Waals surface area contributed by atoms with E-state index in [0.717, 1.165) is 0 Å². The number of aromatic nitrogens is 4. The van der Waals surface area contributed by atoms with Crippen LogP contribution in [0.3, 0.4) is 0 Å². The molecule has 1 fully saturated rings. The molecule has 2 aliphatic heterocycles. The summed E-state index contributed by atoms with van der Waals surface area (Å²) < 4.78 is 51.7. The van der Waals surface area contributed by atoms with Gasteiger partial charge in [0, 0.05) is 14.1 Å². The molecular formula is C21H21FN5O6P. The highest BCUT2D eigenvalue weighted by molar-refractivity contribution is 7.49. The minimum Gasteiger partial charge on any atom is -0.391 e. The summed E-state index contributed by atoms with van der Waals surface area (Å²) in [5.74, 6) is 3.44. The molecule has 1 saturated heterocycles. The summed E-state index contributed by atoms with van der Waals surface area (Å²) in [6, 6.07) is 6.49. The lowest BCUT2D eigenvalue weighted by Crippen LogP contribution is -2.42. The largest absolute Gasteiger partial charge is 0.587 e. The third kappa shape index (κ3) is 3.49. The summed E-state index contributed by atoms with van der Waals surface area (Å²) >= 11 is 0. The number of rotatable bonds is 5. The Morgan fingerprint density at radius 2 is 2.00 bits per heavy atom. The van der Waals surface area contributed by atoms with Gasteiger partial charge < -0.3 is 23.8 Å². The number of ether oxygens (including phenoxy) is 1. The summed E-state index contributed by atoms with van der Waals surface area (Å²) in [4.78, 5) is 14.8. The molecule has 178 valence electrons. The van der Waals surface area contributed by atoms with Crippen LogP contribution < -0.4 is 13.9 Å². The van der Waals surface area contributed by atoms with Gasteiger partial charge in [-0.25, -0.2) is 23.9 Å². The van der Waals surface area contributed by atoms with Crippen LogP contribution in [0.2, 0.25) is 0 Å². The molecule has 13 heteroatoms. The Morgan fingerprint density at radius 3 is 2.62 bits per heavy atom. The van der Waals surface area contributed by atoms with Crippen LogP contribution in [0.15, 0.2) is 30.6 Å². The minimum atomic E-state index is -4.03. The number of aliphatic hydroxyl groups excluding tert-OH is 1. The molecule has 2 aromatic heterocycles. The molecule has 4 atom stereocenters. The molecule has 1 aromatic carbocycles. The number of imidazole rings is 1. The van der Waals surface area contributed by atoms with E-state index in [4.69, 9.17) is 24.7 Å². The lowest BCUT2D eigenvalue weighted by atomic mass is 9.97. The Balaban J connectivity index is 1.42. The number of halogens is 1. The first kappa shape index (κ1) is 22.6. The van der Waals surface area contributed by atoms with Gasteiger partial charge in [0.2, 0.25) is 5.67 Å². The standard InChI is InChI=1S/C21H21FN5O6P/c1-5-21(22)17(28)15(10-30-34(29)32-13-8-6-7-9-14(13)33-34)31-20(21)27-11-23-16-18(26(3)4)24-12(2)25-19(16)27/h1,6-9,11,15,17,20,28H,10H2,2-4H3/t15-,17-,20-,21-/m1/s1. The summed E-state index contributed by atoms with van der Waals surface area (Å²) in [6.45, 7) is 1.17. The van der Waals surface area contributed by atoms with E-state index in [9.17, 15) is 9.67 Å². The van der Waals surface area contributed by atoms with E-state index in [2.05, 4.69) is 15.0 Å². The zero-order valence-corrected chi connectivity index (χ0v) is 19.3. The minimum absolute atomic E-state index is 0.247. The molecule has 4 heterocycles. The number of fused-ring (bicyclic) bond motifs is 2. The van der Waals surface area contributed by atoms with E-state index in [1.54, 1.807) is 50.2 Å². The van der Waals surface area contributed by atoms with Gasteiger partial charge in [0.15, 0.2) is 34.7 Å². The van der Waals surface area contributed by atoms with Crippen molar-refractivity contribution in [1.82, 2.24) is 19.5 Å². The van der Waals surface area contributed by atoms with Gasteiger partial charge in [-0.1, -0.05) is 18.1 Å². The topological polar surface area (TPSA) is 121 Å². The molecule has 0 aliphatic carbocycles. The molecule has 0 bridgehead atoms. The molecule has 0 unspecified atom stereocenters. The van der Waals surface area contributed by atoms with E-state index in [-0.39, 0.29) is 17.1 Å². The number of alkyl halides is 1. The third-order valence-electron chi connectivity index (χ3n) is 5.52. The van der Waals surface area contributed by atoms with Crippen LogP contribution in [0.4, 0.5) is 10.2 Å². The van der Waals surface area contributed by atoms with Crippen molar-refractivity contribution in [3.8, 4) is 23.8 Å². The smallest absolute Gasteiger partial charge is 0.391 e. The average molecular weight is 489 g/mol. The Labute approximate surface area is 194 Å². The van der Waals surface area contributed by atoms with Gasteiger partial charge in [0.05, 0.1) is 12.9 Å². The SMILES string of the molecule is C#C[C@@]1(F)[C@H](O)[C@@H](COP2(=O)Oc3ccccc3O2)O[C@H]1n1cnc2c(N(C)C)nc(C)nc21. The molecule has 11 nitrogen and oxygen atoms in total. The number of anilines is 1. The molecule has 0 amide bonds. The van der Waals surface area contributed by atoms with E-state index >= 15 is 4.39 Å². The number of para-hydroxylation sites is 2. The molecule has 34 heavy (non-hydrogen) atoms. The number of aryl methyl sites for hydroxylation is 1. The van der Waals surface area contributed by atoms with Gasteiger partial charge in [-0.05, 0) is 19.1 Å². The number of phosphoric acid groups is 1. The van der Waals surface area contributed by atoms with Crippen LogP contribution in [0.25, 0.3) is 11.2 Å². The number of hydrogen-bond acceptors (Lipinski definition) is 10.